The maximum Gasteiger partial charge on any atom is 0.416 e. The molecule has 0 aliphatic heterocycles. The van der Waals surface area contributed by atoms with E-state index in [1.807, 2.05) is 7.05 Å². The number of aromatic amines is 1. The third-order valence-corrected chi connectivity index (χ3v) is 4.26. The average molecular weight is 395 g/mol. The molecule has 0 spiro atoms. The van der Waals surface area contributed by atoms with E-state index >= 15 is 0 Å². The number of benzene rings is 1. The molecule has 5 nitrogen and oxygen atoms in total. The average Bonchev–Trinajstić information content (AvgIpc) is 2.64. The maximum atomic E-state index is 12.7. The molecular weight excluding hydrogens is 371 g/mol. The minimum Gasteiger partial charge on any atom is -0.348 e. The van der Waals surface area contributed by atoms with Crippen molar-refractivity contribution in [3.63, 3.8) is 0 Å². The predicted octanol–water partition coefficient (Wildman–Crippen LogP) is 3.56. The first kappa shape index (κ1) is 21.7. The van der Waals surface area contributed by atoms with Crippen LogP contribution in [0.15, 0.2) is 41.2 Å². The fourth-order valence-corrected chi connectivity index (χ4v) is 2.72. The van der Waals surface area contributed by atoms with Crippen LogP contribution in [0.2, 0.25) is 0 Å². The molecule has 0 fully saturated rings. The lowest BCUT2D eigenvalue weighted by molar-refractivity contribution is -0.137. The molecule has 0 aliphatic carbocycles. The topological polar surface area (TPSA) is 65.2 Å². The van der Waals surface area contributed by atoms with Gasteiger partial charge in [0.2, 0.25) is 0 Å². The standard InChI is InChI=1S/C20H24F3N3O2/c1-3-4-10-26(2)13-16-8-9-17(19(28)25-16)18(27)24-12-14-6-5-7-15(11-14)20(21,22)23/h5-9,11H,3-4,10,12-13H2,1-2H3,(H,24,27)(H,25,28). The molecule has 152 valence electrons. The lowest BCUT2D eigenvalue weighted by Crippen LogP contribution is -2.30. The molecule has 1 aromatic carbocycles. The summed E-state index contributed by atoms with van der Waals surface area (Å²) < 4.78 is 38.2. The Morgan fingerprint density at radius 1 is 1.21 bits per heavy atom. The molecule has 0 aliphatic rings. The van der Waals surface area contributed by atoms with Crippen molar-refractivity contribution in [2.24, 2.45) is 0 Å². The summed E-state index contributed by atoms with van der Waals surface area (Å²) in [6.45, 7) is 3.45. The van der Waals surface area contributed by atoms with E-state index in [0.717, 1.165) is 31.5 Å². The molecule has 0 atom stereocenters. The number of unbranched alkanes of at least 4 members (excludes halogenated alkanes) is 1. The van der Waals surface area contributed by atoms with Crippen molar-refractivity contribution in [1.82, 2.24) is 15.2 Å². The fraction of sp³-hybridized carbons (Fsp3) is 0.400. The number of alkyl halides is 3. The van der Waals surface area contributed by atoms with Crippen molar-refractivity contribution < 1.29 is 18.0 Å². The molecule has 0 radical (unpaired) electrons. The van der Waals surface area contributed by atoms with Crippen LogP contribution in [0.3, 0.4) is 0 Å². The Hall–Kier alpha value is -2.61. The zero-order valence-electron chi connectivity index (χ0n) is 15.9. The van der Waals surface area contributed by atoms with Crippen molar-refractivity contribution >= 4 is 5.91 Å². The molecule has 0 saturated heterocycles. The van der Waals surface area contributed by atoms with Crippen molar-refractivity contribution in [2.45, 2.75) is 39.0 Å². The molecular formula is C20H24F3N3O2. The molecule has 2 rings (SSSR count). The Labute approximate surface area is 161 Å². The second-order valence-electron chi connectivity index (χ2n) is 6.70. The summed E-state index contributed by atoms with van der Waals surface area (Å²) in [7, 11) is 1.95. The number of hydrogen-bond acceptors (Lipinski definition) is 3. The van der Waals surface area contributed by atoms with Gasteiger partial charge in [0.05, 0.1) is 5.56 Å². The molecule has 1 aromatic heterocycles. The third-order valence-electron chi connectivity index (χ3n) is 4.26. The summed E-state index contributed by atoms with van der Waals surface area (Å²) in [6, 6.07) is 7.80. The monoisotopic (exact) mass is 395 g/mol. The maximum absolute atomic E-state index is 12.7. The van der Waals surface area contributed by atoms with Gasteiger partial charge in [-0.25, -0.2) is 0 Å². The predicted molar refractivity (Wildman–Crippen MR) is 101 cm³/mol. The summed E-state index contributed by atoms with van der Waals surface area (Å²) in [5.74, 6) is -0.635. The van der Waals surface area contributed by atoms with Crippen molar-refractivity contribution in [3.8, 4) is 0 Å². The number of H-pyrrole nitrogens is 1. The molecule has 8 heteroatoms. The zero-order valence-corrected chi connectivity index (χ0v) is 15.9. The molecule has 0 saturated carbocycles. The highest BCUT2D eigenvalue weighted by Crippen LogP contribution is 2.29. The number of halogens is 3. The van der Waals surface area contributed by atoms with Crippen LogP contribution in [0.5, 0.6) is 0 Å². The minimum absolute atomic E-state index is 0.0769. The molecule has 0 bridgehead atoms. The molecule has 1 amide bonds. The van der Waals surface area contributed by atoms with Crippen LogP contribution in [0.1, 0.15) is 46.9 Å². The molecule has 2 aromatic rings. The van der Waals surface area contributed by atoms with Crippen LogP contribution in [0.4, 0.5) is 13.2 Å². The fourth-order valence-electron chi connectivity index (χ4n) is 2.72. The minimum atomic E-state index is -4.45. The number of hydrogen-bond donors (Lipinski definition) is 2. The van der Waals surface area contributed by atoms with Crippen LogP contribution < -0.4 is 10.9 Å². The van der Waals surface area contributed by atoms with Gasteiger partial charge in [0, 0.05) is 18.8 Å². The molecule has 28 heavy (non-hydrogen) atoms. The van der Waals surface area contributed by atoms with E-state index in [1.54, 1.807) is 6.07 Å². The Balaban J connectivity index is 2.00. The van der Waals surface area contributed by atoms with E-state index < -0.39 is 23.2 Å². The van der Waals surface area contributed by atoms with E-state index in [-0.39, 0.29) is 12.1 Å². The number of carbonyl (C=O) groups excluding carboxylic acids is 1. The number of nitrogens with zero attached hydrogens (tertiary/aromatic N) is 1. The third kappa shape index (κ3) is 6.23. The normalized spacial score (nSPS) is 11.6. The van der Waals surface area contributed by atoms with Gasteiger partial charge in [-0.3, -0.25) is 9.59 Å². The summed E-state index contributed by atoms with van der Waals surface area (Å²) >= 11 is 0. The second kappa shape index (κ2) is 9.54. The van der Waals surface area contributed by atoms with E-state index in [4.69, 9.17) is 0 Å². The van der Waals surface area contributed by atoms with Crippen LogP contribution in [0, 0.1) is 0 Å². The van der Waals surface area contributed by atoms with E-state index in [2.05, 4.69) is 22.1 Å². The highest BCUT2D eigenvalue weighted by atomic mass is 19.4. The smallest absolute Gasteiger partial charge is 0.348 e. The first-order chi connectivity index (χ1) is 13.2. The Bertz CT molecular complexity index is 862. The van der Waals surface area contributed by atoms with Crippen LogP contribution >= 0.6 is 0 Å². The first-order valence-electron chi connectivity index (χ1n) is 9.05. The number of nitrogens with one attached hydrogen (secondary N) is 2. The largest absolute Gasteiger partial charge is 0.416 e. The summed E-state index contributed by atoms with van der Waals surface area (Å²) in [5, 5.41) is 2.49. The summed E-state index contributed by atoms with van der Waals surface area (Å²) in [6.07, 6.45) is -2.32. The van der Waals surface area contributed by atoms with Gasteiger partial charge in [0.15, 0.2) is 0 Å². The van der Waals surface area contributed by atoms with Gasteiger partial charge >= 0.3 is 6.18 Å². The van der Waals surface area contributed by atoms with Gasteiger partial charge in [0.25, 0.3) is 11.5 Å². The number of rotatable bonds is 8. The van der Waals surface area contributed by atoms with Crippen molar-refractivity contribution in [3.05, 3.63) is 69.1 Å². The van der Waals surface area contributed by atoms with Crippen molar-refractivity contribution in [1.29, 1.82) is 0 Å². The zero-order chi connectivity index (χ0) is 20.7. The Kier molecular flexibility index (Phi) is 7.39. The van der Waals surface area contributed by atoms with E-state index in [9.17, 15) is 22.8 Å². The Morgan fingerprint density at radius 3 is 2.61 bits per heavy atom. The van der Waals surface area contributed by atoms with Gasteiger partial charge in [-0.05, 0) is 49.8 Å². The first-order valence-corrected chi connectivity index (χ1v) is 9.05. The van der Waals surface area contributed by atoms with Gasteiger partial charge in [0.1, 0.15) is 5.56 Å². The van der Waals surface area contributed by atoms with Gasteiger partial charge in [-0.2, -0.15) is 13.2 Å². The lowest BCUT2D eigenvalue weighted by atomic mass is 10.1. The second-order valence-corrected chi connectivity index (χ2v) is 6.70. The Morgan fingerprint density at radius 2 is 1.96 bits per heavy atom. The van der Waals surface area contributed by atoms with Gasteiger partial charge in [-0.1, -0.05) is 25.5 Å². The van der Waals surface area contributed by atoms with Crippen molar-refractivity contribution in [2.75, 3.05) is 13.6 Å². The van der Waals surface area contributed by atoms with Gasteiger partial charge in [-0.15, -0.1) is 0 Å². The summed E-state index contributed by atoms with van der Waals surface area (Å²) in [5.41, 5.74) is -0.393. The van der Waals surface area contributed by atoms with Crippen LogP contribution in [-0.4, -0.2) is 29.4 Å². The number of aromatic nitrogens is 1. The van der Waals surface area contributed by atoms with Crippen LogP contribution in [-0.2, 0) is 19.3 Å². The highest BCUT2D eigenvalue weighted by molar-refractivity contribution is 5.93. The quantitative estimate of drug-likeness (QED) is 0.718. The molecule has 1 heterocycles. The highest BCUT2D eigenvalue weighted by Gasteiger charge is 2.30. The SMILES string of the molecule is CCCCN(C)Cc1ccc(C(=O)NCc2cccc(C(F)(F)F)c2)c(=O)[nH]1. The number of carbonyl (C=O) groups is 1. The summed E-state index contributed by atoms with van der Waals surface area (Å²) in [4.78, 5) is 29.2. The van der Waals surface area contributed by atoms with E-state index in [1.165, 1.54) is 18.2 Å². The molecule has 0 unspecified atom stereocenters. The number of amides is 1. The van der Waals surface area contributed by atoms with E-state index in [0.29, 0.717) is 17.8 Å². The molecule has 2 N–H and O–H groups in total. The van der Waals surface area contributed by atoms with Gasteiger partial charge < -0.3 is 15.2 Å². The van der Waals surface area contributed by atoms with Crippen LogP contribution in [0.25, 0.3) is 0 Å². The number of pyridine rings is 1. The lowest BCUT2D eigenvalue weighted by Gasteiger charge is -2.16.